The average molecular weight is 323 g/mol. The fraction of sp³-hybridized carbons (Fsp3) is 0.263. The zero-order chi connectivity index (χ0) is 15.9. The highest BCUT2D eigenvalue weighted by Gasteiger charge is 2.08. The molecule has 0 saturated heterocycles. The Morgan fingerprint density at radius 2 is 1.70 bits per heavy atom. The number of thioether (sulfide) groups is 1. The third kappa shape index (κ3) is 4.45. The van der Waals surface area contributed by atoms with Gasteiger partial charge in [-0.25, -0.2) is 4.98 Å². The van der Waals surface area contributed by atoms with Crippen LogP contribution >= 0.6 is 11.8 Å². The number of rotatable bonds is 7. The van der Waals surface area contributed by atoms with Crippen molar-refractivity contribution in [2.75, 3.05) is 0 Å². The SMILES string of the molecule is CCCc1ccccc1Cc1nc(SCc2ccccc2)n[nH]1. The summed E-state index contributed by atoms with van der Waals surface area (Å²) in [5, 5.41) is 8.22. The highest BCUT2D eigenvalue weighted by molar-refractivity contribution is 7.98. The van der Waals surface area contributed by atoms with E-state index in [-0.39, 0.29) is 0 Å². The smallest absolute Gasteiger partial charge is 0.208 e. The highest BCUT2D eigenvalue weighted by atomic mass is 32.2. The molecule has 1 heterocycles. The van der Waals surface area contributed by atoms with Crippen LogP contribution in [0.4, 0.5) is 0 Å². The van der Waals surface area contributed by atoms with Gasteiger partial charge in [0.15, 0.2) is 0 Å². The number of aromatic amines is 1. The number of hydrogen-bond donors (Lipinski definition) is 1. The lowest BCUT2D eigenvalue weighted by Crippen LogP contribution is -1.97. The third-order valence-electron chi connectivity index (χ3n) is 3.72. The Labute approximate surface area is 141 Å². The second-order valence-corrected chi connectivity index (χ2v) is 6.48. The standard InChI is InChI=1S/C19H21N3S/c1-2-8-16-11-6-7-12-17(16)13-18-20-19(22-21-18)23-14-15-9-4-3-5-10-15/h3-7,9-12H,2,8,13-14H2,1H3,(H,20,21,22). The van der Waals surface area contributed by atoms with Crippen molar-refractivity contribution in [1.29, 1.82) is 0 Å². The van der Waals surface area contributed by atoms with Crippen molar-refractivity contribution in [3.8, 4) is 0 Å². The van der Waals surface area contributed by atoms with Gasteiger partial charge in [-0.15, -0.1) is 5.10 Å². The third-order valence-corrected chi connectivity index (χ3v) is 4.64. The van der Waals surface area contributed by atoms with Crippen molar-refractivity contribution in [3.63, 3.8) is 0 Å². The number of hydrogen-bond acceptors (Lipinski definition) is 3. The van der Waals surface area contributed by atoms with Crippen molar-refractivity contribution >= 4 is 11.8 Å². The van der Waals surface area contributed by atoms with Gasteiger partial charge in [0.05, 0.1) is 0 Å². The molecule has 0 amide bonds. The summed E-state index contributed by atoms with van der Waals surface area (Å²) in [7, 11) is 0. The summed E-state index contributed by atoms with van der Waals surface area (Å²) in [4.78, 5) is 4.62. The quantitative estimate of drug-likeness (QED) is 0.644. The van der Waals surface area contributed by atoms with Crippen LogP contribution in [-0.4, -0.2) is 15.2 Å². The van der Waals surface area contributed by atoms with Crippen LogP contribution in [0.15, 0.2) is 59.8 Å². The van der Waals surface area contributed by atoms with E-state index in [2.05, 4.69) is 70.6 Å². The van der Waals surface area contributed by atoms with Crippen LogP contribution in [-0.2, 0) is 18.6 Å². The van der Waals surface area contributed by atoms with Crippen LogP contribution in [0.3, 0.4) is 0 Å². The normalized spacial score (nSPS) is 10.8. The fourth-order valence-electron chi connectivity index (χ4n) is 2.57. The van der Waals surface area contributed by atoms with Crippen LogP contribution < -0.4 is 0 Å². The molecule has 0 fully saturated rings. The molecule has 3 aromatic rings. The van der Waals surface area contributed by atoms with E-state index in [0.29, 0.717) is 0 Å². The molecule has 0 spiro atoms. The predicted octanol–water partition coefficient (Wildman–Crippen LogP) is 4.64. The minimum absolute atomic E-state index is 0.815. The van der Waals surface area contributed by atoms with E-state index in [0.717, 1.165) is 36.0 Å². The van der Waals surface area contributed by atoms with E-state index in [1.54, 1.807) is 11.8 Å². The zero-order valence-corrected chi connectivity index (χ0v) is 14.1. The Bertz CT molecular complexity index is 737. The lowest BCUT2D eigenvalue weighted by molar-refractivity contribution is 0.889. The first kappa shape index (κ1) is 15.8. The van der Waals surface area contributed by atoms with Gasteiger partial charge in [-0.1, -0.05) is 79.7 Å². The van der Waals surface area contributed by atoms with Crippen molar-refractivity contribution in [1.82, 2.24) is 15.2 Å². The van der Waals surface area contributed by atoms with Crippen molar-refractivity contribution in [2.45, 2.75) is 37.1 Å². The average Bonchev–Trinajstić information content (AvgIpc) is 3.03. The van der Waals surface area contributed by atoms with Crippen LogP contribution in [0.2, 0.25) is 0 Å². The van der Waals surface area contributed by atoms with Crippen molar-refractivity contribution < 1.29 is 0 Å². The second-order valence-electron chi connectivity index (χ2n) is 5.53. The first-order valence-corrected chi connectivity index (χ1v) is 8.98. The molecule has 23 heavy (non-hydrogen) atoms. The first-order chi connectivity index (χ1) is 11.3. The number of nitrogens with zero attached hydrogens (tertiary/aromatic N) is 2. The minimum atomic E-state index is 0.815. The van der Waals surface area contributed by atoms with Gasteiger partial charge >= 0.3 is 0 Å². The molecule has 0 aliphatic heterocycles. The molecule has 0 unspecified atom stereocenters. The van der Waals surface area contributed by atoms with Gasteiger partial charge in [-0.2, -0.15) is 0 Å². The molecule has 0 saturated carbocycles. The molecule has 0 bridgehead atoms. The lowest BCUT2D eigenvalue weighted by Gasteiger charge is -2.06. The van der Waals surface area contributed by atoms with Gasteiger partial charge in [0.2, 0.25) is 5.16 Å². The van der Waals surface area contributed by atoms with Crippen LogP contribution in [0.25, 0.3) is 0 Å². The molecular weight excluding hydrogens is 302 g/mol. The Hall–Kier alpha value is -2.07. The summed E-state index contributed by atoms with van der Waals surface area (Å²) in [5.74, 6) is 1.83. The van der Waals surface area contributed by atoms with Crippen LogP contribution in [0.1, 0.15) is 35.9 Å². The molecular formula is C19H21N3S. The maximum atomic E-state index is 4.62. The first-order valence-electron chi connectivity index (χ1n) is 8.00. The molecule has 0 atom stereocenters. The Kier molecular flexibility index (Phi) is 5.48. The fourth-order valence-corrected chi connectivity index (χ4v) is 3.34. The molecule has 0 aliphatic carbocycles. The summed E-state index contributed by atoms with van der Waals surface area (Å²) in [6, 6.07) is 19.0. The van der Waals surface area contributed by atoms with E-state index >= 15 is 0 Å². The summed E-state index contributed by atoms with van der Waals surface area (Å²) in [6.45, 7) is 2.21. The summed E-state index contributed by atoms with van der Waals surface area (Å²) in [6.07, 6.45) is 3.08. The van der Waals surface area contributed by atoms with Crippen LogP contribution in [0, 0.1) is 0 Å². The molecule has 118 valence electrons. The van der Waals surface area contributed by atoms with Crippen molar-refractivity contribution in [3.05, 3.63) is 77.1 Å². The molecule has 4 heteroatoms. The van der Waals surface area contributed by atoms with Gasteiger partial charge in [0, 0.05) is 12.2 Å². The summed E-state index contributed by atoms with van der Waals surface area (Å²) >= 11 is 1.67. The van der Waals surface area contributed by atoms with E-state index in [4.69, 9.17) is 0 Å². The van der Waals surface area contributed by atoms with Crippen molar-refractivity contribution in [2.24, 2.45) is 0 Å². The maximum Gasteiger partial charge on any atom is 0.208 e. The van der Waals surface area contributed by atoms with E-state index in [1.165, 1.54) is 16.7 Å². The zero-order valence-electron chi connectivity index (χ0n) is 13.3. The second kappa shape index (κ2) is 7.97. The van der Waals surface area contributed by atoms with E-state index < -0.39 is 0 Å². The number of aromatic nitrogens is 3. The monoisotopic (exact) mass is 323 g/mol. The molecule has 1 N–H and O–H groups in total. The van der Waals surface area contributed by atoms with Crippen LogP contribution in [0.5, 0.6) is 0 Å². The predicted molar refractivity (Wildman–Crippen MR) is 95.6 cm³/mol. The van der Waals surface area contributed by atoms with E-state index in [9.17, 15) is 0 Å². The Balaban J connectivity index is 1.63. The van der Waals surface area contributed by atoms with Gasteiger partial charge in [-0.3, -0.25) is 5.10 Å². The number of nitrogens with one attached hydrogen (secondary N) is 1. The number of H-pyrrole nitrogens is 1. The Morgan fingerprint density at radius 1 is 0.957 bits per heavy atom. The topological polar surface area (TPSA) is 41.6 Å². The minimum Gasteiger partial charge on any atom is -0.262 e. The van der Waals surface area contributed by atoms with Gasteiger partial charge in [0.25, 0.3) is 0 Å². The summed E-state index contributed by atoms with van der Waals surface area (Å²) in [5.41, 5.74) is 4.03. The highest BCUT2D eigenvalue weighted by Crippen LogP contribution is 2.20. The van der Waals surface area contributed by atoms with E-state index in [1.807, 2.05) is 6.07 Å². The number of aryl methyl sites for hydroxylation is 1. The largest absolute Gasteiger partial charge is 0.262 e. The number of benzene rings is 2. The molecule has 1 aromatic heterocycles. The summed E-state index contributed by atoms with van der Waals surface area (Å²) < 4.78 is 0. The van der Waals surface area contributed by atoms with Gasteiger partial charge < -0.3 is 0 Å². The molecule has 0 aliphatic rings. The molecule has 2 aromatic carbocycles. The lowest BCUT2D eigenvalue weighted by atomic mass is 10.0. The maximum absolute atomic E-state index is 4.62. The molecule has 3 nitrogen and oxygen atoms in total. The molecule has 0 radical (unpaired) electrons. The van der Waals surface area contributed by atoms with Gasteiger partial charge in [-0.05, 0) is 23.1 Å². The van der Waals surface area contributed by atoms with Gasteiger partial charge in [0.1, 0.15) is 5.82 Å². The molecule has 3 rings (SSSR count). The Morgan fingerprint density at radius 3 is 2.48 bits per heavy atom.